The molecule has 0 atom stereocenters. The van der Waals surface area contributed by atoms with Gasteiger partial charge in [0.05, 0.1) is 5.69 Å². The zero-order chi connectivity index (χ0) is 22.7. The lowest BCUT2D eigenvalue weighted by molar-refractivity contribution is -0.116. The predicted molar refractivity (Wildman–Crippen MR) is 124 cm³/mol. The number of anilines is 1. The Labute approximate surface area is 184 Å². The third kappa shape index (κ3) is 4.12. The number of aromatic nitrogens is 4. The van der Waals surface area contributed by atoms with Crippen molar-refractivity contribution in [2.24, 2.45) is 0 Å². The Kier molecular flexibility index (Phi) is 6.02. The highest BCUT2D eigenvalue weighted by atomic mass is 16.2. The summed E-state index contributed by atoms with van der Waals surface area (Å²) in [4.78, 5) is 39.4. The number of para-hydroxylation sites is 1. The van der Waals surface area contributed by atoms with E-state index in [4.69, 9.17) is 0 Å². The number of rotatable bonds is 7. The molecule has 1 N–H and O–H groups in total. The van der Waals surface area contributed by atoms with Crippen LogP contribution in [0.2, 0.25) is 0 Å². The Balaban J connectivity index is 1.78. The van der Waals surface area contributed by atoms with Crippen molar-refractivity contribution >= 4 is 22.6 Å². The SMILES string of the molecule is CCn1nc(C)c2c1c(=O)n(CCc1ccccc1)c(=O)n2CC(=O)Nc1ccccc1. The van der Waals surface area contributed by atoms with E-state index in [1.807, 2.05) is 55.5 Å². The lowest BCUT2D eigenvalue weighted by atomic mass is 10.1. The minimum absolute atomic E-state index is 0.214. The van der Waals surface area contributed by atoms with Crippen molar-refractivity contribution in [1.29, 1.82) is 0 Å². The summed E-state index contributed by atoms with van der Waals surface area (Å²) in [6, 6.07) is 18.7. The standard InChI is InChI=1S/C24H25N5O3/c1-3-29-22-21(17(2)26-29)28(16-20(30)25-19-12-8-5-9-13-19)24(32)27(23(22)31)15-14-18-10-6-4-7-11-18/h4-13H,3,14-16H2,1-2H3,(H,25,30). The van der Waals surface area contributed by atoms with Crippen LogP contribution in [0.4, 0.5) is 5.69 Å². The summed E-state index contributed by atoms with van der Waals surface area (Å²) in [5, 5.41) is 7.23. The van der Waals surface area contributed by atoms with Crippen LogP contribution in [-0.2, 0) is 30.8 Å². The minimum atomic E-state index is -0.514. The second-order valence-electron chi connectivity index (χ2n) is 7.57. The summed E-state index contributed by atoms with van der Waals surface area (Å²) < 4.78 is 4.16. The van der Waals surface area contributed by atoms with Gasteiger partial charge in [0.15, 0.2) is 5.52 Å². The molecule has 0 aliphatic carbocycles. The molecule has 8 nitrogen and oxygen atoms in total. The number of carbonyl (C=O) groups excluding carboxylic acids is 1. The molecule has 8 heteroatoms. The van der Waals surface area contributed by atoms with Crippen LogP contribution in [0, 0.1) is 6.92 Å². The fourth-order valence-electron chi connectivity index (χ4n) is 3.89. The molecule has 2 heterocycles. The highest BCUT2D eigenvalue weighted by molar-refractivity contribution is 5.91. The summed E-state index contributed by atoms with van der Waals surface area (Å²) in [5.41, 5.74) is 2.04. The van der Waals surface area contributed by atoms with Crippen LogP contribution in [0.3, 0.4) is 0 Å². The van der Waals surface area contributed by atoms with Crippen LogP contribution >= 0.6 is 0 Å². The Hall–Kier alpha value is -3.94. The van der Waals surface area contributed by atoms with Crippen LogP contribution in [0.1, 0.15) is 18.2 Å². The number of hydrogen-bond acceptors (Lipinski definition) is 4. The fourth-order valence-corrected chi connectivity index (χ4v) is 3.89. The van der Waals surface area contributed by atoms with Gasteiger partial charge in [0.25, 0.3) is 5.56 Å². The molecule has 0 spiro atoms. The van der Waals surface area contributed by atoms with Crippen LogP contribution in [-0.4, -0.2) is 24.8 Å². The molecule has 0 fully saturated rings. The van der Waals surface area contributed by atoms with E-state index in [2.05, 4.69) is 10.4 Å². The smallest absolute Gasteiger partial charge is 0.325 e. The molecular weight excluding hydrogens is 406 g/mol. The van der Waals surface area contributed by atoms with Crippen molar-refractivity contribution in [1.82, 2.24) is 18.9 Å². The predicted octanol–water partition coefficient (Wildman–Crippen LogP) is 2.57. The second kappa shape index (κ2) is 9.05. The van der Waals surface area contributed by atoms with Gasteiger partial charge in [-0.15, -0.1) is 0 Å². The number of carbonyl (C=O) groups is 1. The van der Waals surface area contributed by atoms with Gasteiger partial charge in [-0.2, -0.15) is 5.10 Å². The van der Waals surface area contributed by atoms with Crippen molar-refractivity contribution in [3.8, 4) is 0 Å². The van der Waals surface area contributed by atoms with Crippen molar-refractivity contribution in [3.63, 3.8) is 0 Å². The molecule has 0 saturated carbocycles. The van der Waals surface area contributed by atoms with Gasteiger partial charge in [0.1, 0.15) is 12.1 Å². The van der Waals surface area contributed by atoms with E-state index < -0.39 is 5.69 Å². The van der Waals surface area contributed by atoms with Crippen molar-refractivity contribution in [3.05, 3.63) is 92.8 Å². The molecule has 2 aromatic heterocycles. The Morgan fingerprint density at radius 2 is 1.59 bits per heavy atom. The fraction of sp³-hybridized carbons (Fsp3) is 0.250. The molecule has 0 saturated heterocycles. The summed E-state index contributed by atoms with van der Waals surface area (Å²) in [7, 11) is 0. The van der Waals surface area contributed by atoms with E-state index >= 15 is 0 Å². The van der Waals surface area contributed by atoms with Crippen LogP contribution in [0.5, 0.6) is 0 Å². The first kappa shape index (κ1) is 21.3. The van der Waals surface area contributed by atoms with Gasteiger partial charge in [-0.25, -0.2) is 4.79 Å². The van der Waals surface area contributed by atoms with Crippen molar-refractivity contribution in [2.75, 3.05) is 5.32 Å². The molecular formula is C24H25N5O3. The normalized spacial score (nSPS) is 11.1. The second-order valence-corrected chi connectivity index (χ2v) is 7.57. The summed E-state index contributed by atoms with van der Waals surface area (Å²) in [5.74, 6) is -0.350. The number of hydrogen-bond donors (Lipinski definition) is 1. The third-order valence-electron chi connectivity index (χ3n) is 5.40. The molecule has 0 unspecified atom stereocenters. The van der Waals surface area contributed by atoms with E-state index in [1.165, 1.54) is 9.13 Å². The maximum absolute atomic E-state index is 13.4. The van der Waals surface area contributed by atoms with Crippen LogP contribution in [0.25, 0.3) is 11.0 Å². The number of nitrogens with one attached hydrogen (secondary N) is 1. The highest BCUT2D eigenvalue weighted by Gasteiger charge is 2.21. The molecule has 2 aromatic carbocycles. The zero-order valence-electron chi connectivity index (χ0n) is 18.1. The van der Waals surface area contributed by atoms with Gasteiger partial charge in [-0.05, 0) is 38.0 Å². The highest BCUT2D eigenvalue weighted by Crippen LogP contribution is 2.14. The van der Waals surface area contributed by atoms with Crippen LogP contribution in [0.15, 0.2) is 70.3 Å². The minimum Gasteiger partial charge on any atom is -0.325 e. The Morgan fingerprint density at radius 1 is 0.938 bits per heavy atom. The maximum atomic E-state index is 13.4. The van der Waals surface area contributed by atoms with Crippen LogP contribution < -0.4 is 16.6 Å². The molecule has 4 aromatic rings. The number of benzene rings is 2. The zero-order valence-corrected chi connectivity index (χ0v) is 18.1. The Morgan fingerprint density at radius 3 is 2.25 bits per heavy atom. The van der Waals surface area contributed by atoms with E-state index in [1.54, 1.807) is 23.7 Å². The Bertz CT molecular complexity index is 1370. The van der Waals surface area contributed by atoms with E-state index in [0.717, 1.165) is 5.56 Å². The lowest BCUT2D eigenvalue weighted by Crippen LogP contribution is -2.42. The molecule has 164 valence electrons. The van der Waals surface area contributed by atoms with Gasteiger partial charge in [-0.1, -0.05) is 48.5 Å². The van der Waals surface area contributed by atoms with Gasteiger partial charge in [0, 0.05) is 18.8 Å². The van der Waals surface area contributed by atoms with Gasteiger partial charge >= 0.3 is 5.69 Å². The largest absolute Gasteiger partial charge is 0.332 e. The number of amides is 1. The number of nitrogens with zero attached hydrogens (tertiary/aromatic N) is 4. The third-order valence-corrected chi connectivity index (χ3v) is 5.40. The van der Waals surface area contributed by atoms with Crippen molar-refractivity contribution < 1.29 is 4.79 Å². The molecule has 32 heavy (non-hydrogen) atoms. The molecule has 4 rings (SSSR count). The van der Waals surface area contributed by atoms with E-state index in [-0.39, 0.29) is 24.6 Å². The first-order valence-corrected chi connectivity index (χ1v) is 10.6. The maximum Gasteiger partial charge on any atom is 0.332 e. The summed E-state index contributed by atoms with van der Waals surface area (Å²) >= 11 is 0. The molecule has 1 amide bonds. The average molecular weight is 431 g/mol. The number of aryl methyl sites for hydroxylation is 3. The van der Waals surface area contributed by atoms with Gasteiger partial charge in [0.2, 0.25) is 5.91 Å². The lowest BCUT2D eigenvalue weighted by Gasteiger charge is -2.13. The van der Waals surface area contributed by atoms with E-state index in [9.17, 15) is 14.4 Å². The first-order chi connectivity index (χ1) is 15.5. The quantitative estimate of drug-likeness (QED) is 0.487. The summed E-state index contributed by atoms with van der Waals surface area (Å²) in [6.45, 7) is 4.11. The molecule has 0 aliphatic rings. The monoisotopic (exact) mass is 431 g/mol. The molecule has 0 bridgehead atoms. The molecule has 0 aliphatic heterocycles. The van der Waals surface area contributed by atoms with Gasteiger partial charge < -0.3 is 5.32 Å². The van der Waals surface area contributed by atoms with Crippen molar-refractivity contribution in [2.45, 2.75) is 39.9 Å². The van der Waals surface area contributed by atoms with Gasteiger partial charge in [-0.3, -0.25) is 23.4 Å². The number of fused-ring (bicyclic) bond motifs is 1. The topological polar surface area (TPSA) is 90.9 Å². The summed E-state index contributed by atoms with van der Waals surface area (Å²) in [6.07, 6.45) is 0.525. The van der Waals surface area contributed by atoms with E-state index in [0.29, 0.717) is 35.4 Å². The molecule has 0 radical (unpaired) electrons. The average Bonchev–Trinajstić information content (AvgIpc) is 3.14. The first-order valence-electron chi connectivity index (χ1n) is 10.6.